The van der Waals surface area contributed by atoms with Crippen molar-refractivity contribution < 1.29 is 4.79 Å². The fraction of sp³-hybridized carbons (Fsp3) is 0.963. The zero-order valence-corrected chi connectivity index (χ0v) is 20.8. The summed E-state index contributed by atoms with van der Waals surface area (Å²) in [7, 11) is 0. The van der Waals surface area contributed by atoms with Gasteiger partial charge in [0, 0.05) is 0 Å². The lowest BCUT2D eigenvalue weighted by molar-refractivity contribution is -0.182. The van der Waals surface area contributed by atoms with Crippen LogP contribution >= 0.6 is 23.2 Å². The summed E-state index contributed by atoms with van der Waals surface area (Å²) < 4.78 is -0.821. The molecule has 0 saturated heterocycles. The Kier molecular flexibility index (Phi) is 7.51. The smallest absolute Gasteiger partial charge is 0.151 e. The normalized spacial score (nSPS) is 38.0. The van der Waals surface area contributed by atoms with Crippen LogP contribution in [0.1, 0.15) is 129 Å². The quantitative estimate of drug-likeness (QED) is 0.276. The predicted octanol–water partition coefficient (Wildman–Crippen LogP) is 9.04. The van der Waals surface area contributed by atoms with Crippen LogP contribution in [0, 0.1) is 28.6 Å². The highest BCUT2D eigenvalue weighted by Gasteiger charge is 2.81. The lowest BCUT2D eigenvalue weighted by Gasteiger charge is -2.69. The molecular formula is C27H44Cl2O. The molecule has 2 atom stereocenters. The largest absolute Gasteiger partial charge is 0.298 e. The van der Waals surface area contributed by atoms with Gasteiger partial charge in [-0.05, 0) is 56.3 Å². The van der Waals surface area contributed by atoms with Gasteiger partial charge in [0.05, 0.1) is 10.8 Å². The van der Waals surface area contributed by atoms with Crippen LogP contribution in [0.4, 0.5) is 0 Å². The zero-order chi connectivity index (χ0) is 21.2. The highest BCUT2D eigenvalue weighted by molar-refractivity contribution is 6.55. The summed E-state index contributed by atoms with van der Waals surface area (Å²) in [5, 5.41) is 0. The molecule has 4 aliphatic rings. The SMILES string of the molecule is CCCCCCCC1CCC(C2CCCC[C@@]23C(=O)C2(CCCCC2)C3(Cl)Cl)CC1. The zero-order valence-electron chi connectivity index (χ0n) is 19.3. The van der Waals surface area contributed by atoms with Crippen LogP contribution in [-0.4, -0.2) is 10.1 Å². The number of ketones is 1. The molecule has 2 spiro atoms. The van der Waals surface area contributed by atoms with Crippen LogP contribution in [0.15, 0.2) is 0 Å². The van der Waals surface area contributed by atoms with E-state index in [9.17, 15) is 4.79 Å². The third kappa shape index (κ3) is 3.70. The van der Waals surface area contributed by atoms with Crippen molar-refractivity contribution in [1.29, 1.82) is 0 Å². The molecule has 1 unspecified atom stereocenters. The summed E-state index contributed by atoms with van der Waals surface area (Å²) in [5.74, 6) is 2.51. The number of carbonyl (C=O) groups is 1. The fourth-order valence-corrected chi connectivity index (χ4v) is 9.39. The Balaban J connectivity index is 1.39. The second-order valence-corrected chi connectivity index (χ2v) is 12.7. The van der Waals surface area contributed by atoms with Crippen molar-refractivity contribution >= 4 is 29.0 Å². The standard InChI is InChI=1S/C27H44Cl2O/c1-2-3-4-5-7-12-21-14-16-22(17-15-21)23-13-8-11-20-26(23)24(30)25(27(26,28)29)18-9-6-10-19-25/h21-23H,2-20H2,1H3/t21?,22?,23?,26-/m0/s1. The third-order valence-electron chi connectivity index (χ3n) is 9.85. The van der Waals surface area contributed by atoms with E-state index in [0.717, 1.165) is 44.4 Å². The molecule has 3 heteroatoms. The van der Waals surface area contributed by atoms with Crippen LogP contribution in [0.25, 0.3) is 0 Å². The monoisotopic (exact) mass is 454 g/mol. The van der Waals surface area contributed by atoms with Gasteiger partial charge in [-0.1, -0.05) is 114 Å². The number of hydrogen-bond donors (Lipinski definition) is 0. The second-order valence-electron chi connectivity index (χ2n) is 11.4. The summed E-state index contributed by atoms with van der Waals surface area (Å²) in [6, 6.07) is 0. The first-order chi connectivity index (χ1) is 14.5. The van der Waals surface area contributed by atoms with Crippen molar-refractivity contribution in [3.63, 3.8) is 0 Å². The van der Waals surface area contributed by atoms with Crippen molar-refractivity contribution in [2.24, 2.45) is 28.6 Å². The summed E-state index contributed by atoms with van der Waals surface area (Å²) in [6.45, 7) is 2.29. The molecule has 0 radical (unpaired) electrons. The molecule has 4 fully saturated rings. The van der Waals surface area contributed by atoms with Gasteiger partial charge >= 0.3 is 0 Å². The molecule has 172 valence electrons. The maximum absolute atomic E-state index is 13.9. The number of carbonyl (C=O) groups excluding carboxylic acids is 1. The van der Waals surface area contributed by atoms with Crippen LogP contribution in [0.5, 0.6) is 0 Å². The molecule has 4 aliphatic carbocycles. The van der Waals surface area contributed by atoms with E-state index in [2.05, 4.69) is 6.92 Å². The Labute approximate surface area is 195 Å². The summed E-state index contributed by atoms with van der Waals surface area (Å²) in [5.41, 5.74) is -0.844. The molecule has 0 N–H and O–H groups in total. The Morgan fingerprint density at radius 1 is 0.800 bits per heavy atom. The molecule has 1 nitrogen and oxygen atoms in total. The van der Waals surface area contributed by atoms with Gasteiger partial charge in [-0.2, -0.15) is 0 Å². The van der Waals surface area contributed by atoms with E-state index in [0.29, 0.717) is 17.6 Å². The van der Waals surface area contributed by atoms with Crippen molar-refractivity contribution in [2.45, 2.75) is 133 Å². The van der Waals surface area contributed by atoms with Crippen LogP contribution in [0.2, 0.25) is 0 Å². The lowest BCUT2D eigenvalue weighted by Crippen LogP contribution is -2.77. The molecule has 0 aromatic heterocycles. The Morgan fingerprint density at radius 3 is 2.13 bits per heavy atom. The van der Waals surface area contributed by atoms with Gasteiger partial charge in [-0.25, -0.2) is 0 Å². The predicted molar refractivity (Wildman–Crippen MR) is 128 cm³/mol. The number of unbranched alkanes of at least 4 members (excludes halogenated alkanes) is 4. The van der Waals surface area contributed by atoms with Crippen LogP contribution in [0.3, 0.4) is 0 Å². The maximum Gasteiger partial charge on any atom is 0.151 e. The average Bonchev–Trinajstić information content (AvgIpc) is 2.79. The lowest BCUT2D eigenvalue weighted by atomic mass is 9.39. The van der Waals surface area contributed by atoms with E-state index in [1.54, 1.807) is 0 Å². The van der Waals surface area contributed by atoms with E-state index in [4.69, 9.17) is 23.2 Å². The first-order valence-corrected chi connectivity index (χ1v) is 14.2. The van der Waals surface area contributed by atoms with Crippen molar-refractivity contribution in [3.05, 3.63) is 0 Å². The van der Waals surface area contributed by atoms with Crippen molar-refractivity contribution in [2.75, 3.05) is 0 Å². The topological polar surface area (TPSA) is 17.1 Å². The van der Waals surface area contributed by atoms with Gasteiger partial charge in [0.2, 0.25) is 0 Å². The number of rotatable bonds is 7. The Bertz CT molecular complexity index is 586. The van der Waals surface area contributed by atoms with E-state index >= 15 is 0 Å². The minimum absolute atomic E-state index is 0.417. The van der Waals surface area contributed by atoms with Crippen molar-refractivity contribution in [3.8, 4) is 0 Å². The minimum atomic E-state index is -0.821. The highest BCUT2D eigenvalue weighted by atomic mass is 35.5. The molecular weight excluding hydrogens is 411 g/mol. The first-order valence-electron chi connectivity index (χ1n) is 13.4. The summed E-state index contributed by atoms with van der Waals surface area (Å²) in [6.07, 6.45) is 23.6. The average molecular weight is 456 g/mol. The molecule has 0 aromatic carbocycles. The fourth-order valence-electron chi connectivity index (χ4n) is 8.20. The van der Waals surface area contributed by atoms with E-state index in [-0.39, 0.29) is 0 Å². The summed E-state index contributed by atoms with van der Waals surface area (Å²) in [4.78, 5) is 13.9. The molecule has 30 heavy (non-hydrogen) atoms. The van der Waals surface area contributed by atoms with Gasteiger partial charge < -0.3 is 0 Å². The van der Waals surface area contributed by atoms with E-state index in [1.165, 1.54) is 83.5 Å². The number of Topliss-reactive ketones (excluding diaryl/α,β-unsaturated/α-hetero) is 1. The van der Waals surface area contributed by atoms with Gasteiger partial charge in [0.25, 0.3) is 0 Å². The van der Waals surface area contributed by atoms with Gasteiger partial charge in [0.15, 0.2) is 5.78 Å². The number of alkyl halides is 2. The molecule has 0 amide bonds. The molecule has 0 heterocycles. The van der Waals surface area contributed by atoms with E-state index in [1.807, 2.05) is 0 Å². The van der Waals surface area contributed by atoms with Gasteiger partial charge in [-0.3, -0.25) is 4.79 Å². The Morgan fingerprint density at radius 2 is 1.47 bits per heavy atom. The Hall–Kier alpha value is 0.250. The van der Waals surface area contributed by atoms with E-state index < -0.39 is 15.2 Å². The van der Waals surface area contributed by atoms with Gasteiger partial charge in [0.1, 0.15) is 4.33 Å². The second kappa shape index (κ2) is 9.62. The molecule has 4 saturated carbocycles. The minimum Gasteiger partial charge on any atom is -0.298 e. The van der Waals surface area contributed by atoms with Crippen LogP contribution < -0.4 is 0 Å². The highest BCUT2D eigenvalue weighted by Crippen LogP contribution is 2.76. The third-order valence-corrected chi connectivity index (χ3v) is 11.3. The molecule has 0 aliphatic heterocycles. The molecule has 0 aromatic rings. The number of halogens is 2. The maximum atomic E-state index is 13.9. The van der Waals surface area contributed by atoms with Crippen molar-refractivity contribution in [1.82, 2.24) is 0 Å². The summed E-state index contributed by atoms with van der Waals surface area (Å²) >= 11 is 14.5. The number of hydrogen-bond acceptors (Lipinski definition) is 1. The van der Waals surface area contributed by atoms with Crippen LogP contribution in [-0.2, 0) is 4.79 Å². The van der Waals surface area contributed by atoms with Gasteiger partial charge in [-0.15, -0.1) is 0 Å². The molecule has 0 bridgehead atoms. The first kappa shape index (κ1) is 23.4. The molecule has 4 rings (SSSR count).